The number of hydrogen-bond acceptors (Lipinski definition) is 3. The maximum Gasteiger partial charge on any atom is 0.418 e. The lowest BCUT2D eigenvalue weighted by atomic mass is 10.1. The standard InChI is InChI=1S/C18H17Cl2F3N2O3S/c1-10-4-5-13(20)9-16(10)25(29(3,27)28)11(2)17(26)24-15-7-6-12(19)8-14(15)18(21,22)23/h4-9,11H,1-3H3,(H,24,26)/t11-/m1/s1. The Morgan fingerprint density at radius 3 is 2.21 bits per heavy atom. The molecule has 0 spiro atoms. The monoisotopic (exact) mass is 468 g/mol. The molecule has 2 aromatic carbocycles. The van der Waals surface area contributed by atoms with Gasteiger partial charge in [0.2, 0.25) is 15.9 Å². The van der Waals surface area contributed by atoms with Crippen LogP contribution in [0.3, 0.4) is 0 Å². The minimum Gasteiger partial charge on any atom is -0.324 e. The van der Waals surface area contributed by atoms with Gasteiger partial charge in [0.05, 0.1) is 23.2 Å². The van der Waals surface area contributed by atoms with Crippen molar-refractivity contribution in [3.63, 3.8) is 0 Å². The molecule has 0 aliphatic rings. The van der Waals surface area contributed by atoms with Crippen molar-refractivity contribution in [2.24, 2.45) is 0 Å². The number of carbonyl (C=O) groups excluding carboxylic acids is 1. The van der Waals surface area contributed by atoms with Crippen molar-refractivity contribution in [1.29, 1.82) is 0 Å². The number of alkyl halides is 3. The first-order valence-corrected chi connectivity index (χ1v) is 10.8. The zero-order valence-electron chi connectivity index (χ0n) is 15.5. The van der Waals surface area contributed by atoms with Crippen LogP contribution < -0.4 is 9.62 Å². The summed E-state index contributed by atoms with van der Waals surface area (Å²) in [5, 5.41) is 2.23. The van der Waals surface area contributed by atoms with Crippen LogP contribution in [-0.4, -0.2) is 26.6 Å². The van der Waals surface area contributed by atoms with E-state index < -0.39 is 39.4 Å². The zero-order chi connectivity index (χ0) is 22.1. The van der Waals surface area contributed by atoms with E-state index >= 15 is 0 Å². The van der Waals surface area contributed by atoms with Gasteiger partial charge in [-0.15, -0.1) is 0 Å². The molecule has 2 aromatic rings. The third-order valence-electron chi connectivity index (χ3n) is 4.04. The highest BCUT2D eigenvalue weighted by Gasteiger charge is 2.36. The summed E-state index contributed by atoms with van der Waals surface area (Å²) in [5.74, 6) is -0.956. The summed E-state index contributed by atoms with van der Waals surface area (Å²) in [7, 11) is -3.97. The molecule has 5 nitrogen and oxygen atoms in total. The number of sulfonamides is 1. The summed E-state index contributed by atoms with van der Waals surface area (Å²) in [6, 6.07) is 6.00. The van der Waals surface area contributed by atoms with Crippen molar-refractivity contribution >= 4 is 50.5 Å². The molecule has 0 bridgehead atoms. The van der Waals surface area contributed by atoms with Crippen LogP contribution in [0, 0.1) is 6.92 Å². The van der Waals surface area contributed by atoms with E-state index in [0.717, 1.165) is 16.6 Å². The normalized spacial score (nSPS) is 13.1. The predicted molar refractivity (Wildman–Crippen MR) is 108 cm³/mol. The molecule has 0 unspecified atom stereocenters. The summed E-state index contributed by atoms with van der Waals surface area (Å²) in [4.78, 5) is 12.7. The average Bonchev–Trinajstić information content (AvgIpc) is 2.57. The van der Waals surface area contributed by atoms with Gasteiger partial charge >= 0.3 is 6.18 Å². The molecule has 0 saturated carbocycles. The lowest BCUT2D eigenvalue weighted by molar-refractivity contribution is -0.137. The molecule has 11 heteroatoms. The van der Waals surface area contributed by atoms with E-state index in [9.17, 15) is 26.4 Å². The third kappa shape index (κ3) is 5.55. The summed E-state index contributed by atoms with van der Waals surface area (Å²) in [6.07, 6.45) is -3.88. The van der Waals surface area contributed by atoms with Crippen LogP contribution in [0.15, 0.2) is 36.4 Å². The Balaban J connectivity index is 2.45. The first kappa shape index (κ1) is 23.3. The highest BCUT2D eigenvalue weighted by atomic mass is 35.5. The largest absolute Gasteiger partial charge is 0.418 e. The highest BCUT2D eigenvalue weighted by molar-refractivity contribution is 7.92. The van der Waals surface area contributed by atoms with Crippen LogP contribution >= 0.6 is 23.2 Å². The number of rotatable bonds is 5. The van der Waals surface area contributed by atoms with Gasteiger partial charge in [-0.1, -0.05) is 29.3 Å². The molecule has 158 valence electrons. The Hall–Kier alpha value is -1.97. The fourth-order valence-electron chi connectivity index (χ4n) is 2.70. The van der Waals surface area contributed by atoms with Gasteiger partial charge in [-0.2, -0.15) is 13.2 Å². The van der Waals surface area contributed by atoms with E-state index in [1.165, 1.54) is 19.1 Å². The lowest BCUT2D eigenvalue weighted by Crippen LogP contribution is -2.45. The first-order valence-electron chi connectivity index (χ1n) is 8.15. The quantitative estimate of drug-likeness (QED) is 0.662. The van der Waals surface area contributed by atoms with E-state index in [4.69, 9.17) is 23.2 Å². The number of anilines is 2. The minimum absolute atomic E-state index is 0.148. The Bertz CT molecular complexity index is 1040. The van der Waals surface area contributed by atoms with Gasteiger partial charge in [0, 0.05) is 10.0 Å². The summed E-state index contributed by atoms with van der Waals surface area (Å²) in [5.41, 5.74) is -1.01. The fraction of sp³-hybridized carbons (Fsp3) is 0.278. The first-order chi connectivity index (χ1) is 13.2. The maximum absolute atomic E-state index is 13.3. The van der Waals surface area contributed by atoms with Crippen molar-refractivity contribution in [3.05, 3.63) is 57.6 Å². The van der Waals surface area contributed by atoms with Gasteiger partial charge in [0.15, 0.2) is 0 Å². The smallest absolute Gasteiger partial charge is 0.324 e. The molecule has 1 amide bonds. The number of carbonyl (C=O) groups is 1. The second-order valence-electron chi connectivity index (χ2n) is 6.34. The van der Waals surface area contributed by atoms with E-state index in [0.29, 0.717) is 11.6 Å². The number of aryl methyl sites for hydroxylation is 1. The number of benzene rings is 2. The van der Waals surface area contributed by atoms with Gasteiger partial charge in [-0.3, -0.25) is 9.10 Å². The molecule has 2 rings (SSSR count). The van der Waals surface area contributed by atoms with Gasteiger partial charge in [-0.25, -0.2) is 8.42 Å². The topological polar surface area (TPSA) is 66.5 Å². The second-order valence-corrected chi connectivity index (χ2v) is 9.07. The molecule has 0 heterocycles. The molecule has 0 aliphatic carbocycles. The van der Waals surface area contributed by atoms with E-state index in [-0.39, 0.29) is 15.7 Å². The summed E-state index contributed by atoms with van der Waals surface area (Å²) >= 11 is 11.6. The maximum atomic E-state index is 13.3. The molecule has 0 saturated heterocycles. The Kier molecular flexibility index (Phi) is 6.76. The molecule has 1 atom stereocenters. The molecule has 0 aliphatic heterocycles. The van der Waals surface area contributed by atoms with Crippen LogP contribution in [0.25, 0.3) is 0 Å². The van der Waals surface area contributed by atoms with Crippen LogP contribution in [-0.2, 0) is 21.0 Å². The number of hydrogen-bond donors (Lipinski definition) is 1. The molecule has 1 N–H and O–H groups in total. The number of nitrogens with one attached hydrogen (secondary N) is 1. The molecule has 29 heavy (non-hydrogen) atoms. The number of amides is 1. The molecule has 0 aromatic heterocycles. The van der Waals surface area contributed by atoms with Crippen molar-refractivity contribution in [2.75, 3.05) is 15.9 Å². The number of halogens is 5. The fourth-order valence-corrected chi connectivity index (χ4v) is 4.26. The third-order valence-corrected chi connectivity index (χ3v) is 5.74. The SMILES string of the molecule is Cc1ccc(Cl)cc1N([C@H](C)C(=O)Nc1ccc(Cl)cc1C(F)(F)F)S(C)(=O)=O. The summed E-state index contributed by atoms with van der Waals surface area (Å²) < 4.78 is 65.3. The minimum atomic E-state index is -4.77. The second kappa shape index (κ2) is 8.41. The van der Waals surface area contributed by atoms with Crippen molar-refractivity contribution in [3.8, 4) is 0 Å². The lowest BCUT2D eigenvalue weighted by Gasteiger charge is -2.30. The van der Waals surface area contributed by atoms with Gasteiger partial charge < -0.3 is 5.32 Å². The Morgan fingerprint density at radius 1 is 1.10 bits per heavy atom. The predicted octanol–water partition coefficient (Wildman–Crippen LogP) is 5.11. The number of nitrogens with zero attached hydrogens (tertiary/aromatic N) is 1. The van der Waals surface area contributed by atoms with Crippen LogP contribution in [0.1, 0.15) is 18.1 Å². The van der Waals surface area contributed by atoms with Gasteiger partial charge in [-0.05, 0) is 49.7 Å². The molecular formula is C18H17Cl2F3N2O3S. The molecule has 0 radical (unpaired) electrons. The van der Waals surface area contributed by atoms with Crippen LogP contribution in [0.2, 0.25) is 10.0 Å². The van der Waals surface area contributed by atoms with E-state index in [2.05, 4.69) is 5.32 Å². The Labute approximate surface area is 176 Å². The zero-order valence-corrected chi connectivity index (χ0v) is 17.8. The van der Waals surface area contributed by atoms with Gasteiger partial charge in [0.25, 0.3) is 0 Å². The molecule has 0 fully saturated rings. The van der Waals surface area contributed by atoms with Crippen molar-refractivity contribution in [2.45, 2.75) is 26.1 Å². The van der Waals surface area contributed by atoms with Crippen LogP contribution in [0.5, 0.6) is 0 Å². The average molecular weight is 469 g/mol. The molecular weight excluding hydrogens is 452 g/mol. The van der Waals surface area contributed by atoms with Gasteiger partial charge in [0.1, 0.15) is 6.04 Å². The van der Waals surface area contributed by atoms with Crippen molar-refractivity contribution < 1.29 is 26.4 Å². The van der Waals surface area contributed by atoms with Crippen LogP contribution in [0.4, 0.5) is 24.5 Å². The Morgan fingerprint density at radius 2 is 1.66 bits per heavy atom. The van der Waals surface area contributed by atoms with E-state index in [1.54, 1.807) is 19.1 Å². The summed E-state index contributed by atoms with van der Waals surface area (Å²) in [6.45, 7) is 2.88. The highest BCUT2D eigenvalue weighted by Crippen LogP contribution is 2.37. The van der Waals surface area contributed by atoms with Crippen molar-refractivity contribution in [1.82, 2.24) is 0 Å². The van der Waals surface area contributed by atoms with E-state index in [1.807, 2.05) is 0 Å².